The third-order valence-electron chi connectivity index (χ3n) is 3.03. The standard InChI is InChI=1S/C13H15BF3O.K/c15-14(16,17)9-12-6-7-13(8-12)18-10-11-4-2-1-3-5-11;/h1-5,9,13H,6-8,10H2;/q-1;+1/b12-9-;. The molecule has 0 spiro atoms. The molecule has 1 atom stereocenters. The van der Waals surface area contributed by atoms with Gasteiger partial charge in [-0.15, -0.1) is 11.5 Å². The van der Waals surface area contributed by atoms with Crippen LogP contribution in [0.4, 0.5) is 12.9 Å². The Labute approximate surface area is 154 Å². The predicted octanol–water partition coefficient (Wildman–Crippen LogP) is 1.07. The number of rotatable bonds is 4. The summed E-state index contributed by atoms with van der Waals surface area (Å²) < 4.78 is 42.3. The van der Waals surface area contributed by atoms with Crippen molar-refractivity contribution in [3.8, 4) is 0 Å². The Hall–Kier alpha value is 0.411. The van der Waals surface area contributed by atoms with Gasteiger partial charge < -0.3 is 17.7 Å². The Balaban J connectivity index is 0.00000180. The molecule has 0 N–H and O–H groups in total. The van der Waals surface area contributed by atoms with Crippen molar-refractivity contribution in [2.45, 2.75) is 32.0 Å². The summed E-state index contributed by atoms with van der Waals surface area (Å²) in [6, 6.07) is 9.66. The number of hydrogen-bond donors (Lipinski definition) is 0. The van der Waals surface area contributed by atoms with E-state index in [0.29, 0.717) is 37.4 Å². The molecule has 1 nitrogen and oxygen atoms in total. The average molecular weight is 294 g/mol. The Bertz CT molecular complexity index is 420. The molecule has 1 aliphatic carbocycles. The minimum atomic E-state index is -4.81. The molecule has 1 aromatic carbocycles. The zero-order chi connectivity index (χ0) is 13.0. The predicted molar refractivity (Wildman–Crippen MR) is 66.0 cm³/mol. The van der Waals surface area contributed by atoms with Gasteiger partial charge in [-0.2, -0.15) is 0 Å². The van der Waals surface area contributed by atoms with E-state index >= 15 is 0 Å². The van der Waals surface area contributed by atoms with Gasteiger partial charge >= 0.3 is 58.4 Å². The van der Waals surface area contributed by atoms with Crippen LogP contribution < -0.4 is 51.4 Å². The van der Waals surface area contributed by atoms with Crippen LogP contribution in [0.2, 0.25) is 0 Å². The first-order chi connectivity index (χ1) is 8.53. The minimum absolute atomic E-state index is 0. The Morgan fingerprint density at radius 3 is 2.53 bits per heavy atom. The first-order valence-electron chi connectivity index (χ1n) is 6.09. The van der Waals surface area contributed by atoms with Crippen LogP contribution in [0.5, 0.6) is 0 Å². The molecule has 6 heteroatoms. The van der Waals surface area contributed by atoms with E-state index in [1.807, 2.05) is 30.3 Å². The van der Waals surface area contributed by atoms with Crippen LogP contribution in [0.15, 0.2) is 41.9 Å². The topological polar surface area (TPSA) is 9.23 Å². The van der Waals surface area contributed by atoms with Gasteiger partial charge in [0, 0.05) is 0 Å². The maximum atomic E-state index is 12.2. The quantitative estimate of drug-likeness (QED) is 0.755. The molecule has 0 aromatic heterocycles. The van der Waals surface area contributed by atoms with E-state index in [2.05, 4.69) is 0 Å². The van der Waals surface area contributed by atoms with Crippen molar-refractivity contribution in [3.63, 3.8) is 0 Å². The summed E-state index contributed by atoms with van der Waals surface area (Å²) in [4.78, 5) is 0. The number of benzene rings is 1. The summed E-state index contributed by atoms with van der Waals surface area (Å²) in [5.41, 5.74) is 1.52. The summed E-state index contributed by atoms with van der Waals surface area (Å²) >= 11 is 0. The number of ether oxygens (including phenoxy) is 1. The molecule has 98 valence electrons. The third kappa shape index (κ3) is 6.60. The maximum absolute atomic E-state index is 12.2. The molecule has 1 fully saturated rings. The van der Waals surface area contributed by atoms with E-state index in [9.17, 15) is 12.9 Å². The monoisotopic (exact) mass is 294 g/mol. The first-order valence-corrected chi connectivity index (χ1v) is 6.09. The second kappa shape index (κ2) is 8.00. The second-order valence-electron chi connectivity index (χ2n) is 4.61. The molecule has 0 radical (unpaired) electrons. The van der Waals surface area contributed by atoms with Gasteiger partial charge in [-0.05, 0) is 24.8 Å². The Morgan fingerprint density at radius 1 is 1.21 bits per heavy atom. The van der Waals surface area contributed by atoms with E-state index in [1.54, 1.807) is 0 Å². The van der Waals surface area contributed by atoms with Crippen molar-refractivity contribution >= 4 is 6.98 Å². The summed E-state index contributed by atoms with van der Waals surface area (Å²) in [5, 5.41) is 0. The van der Waals surface area contributed by atoms with Crippen LogP contribution in [0.1, 0.15) is 24.8 Å². The van der Waals surface area contributed by atoms with E-state index in [-0.39, 0.29) is 57.5 Å². The molecule has 0 bridgehead atoms. The van der Waals surface area contributed by atoms with Crippen molar-refractivity contribution in [2.75, 3.05) is 0 Å². The van der Waals surface area contributed by atoms with E-state index in [0.717, 1.165) is 5.56 Å². The molecule has 1 unspecified atom stereocenters. The minimum Gasteiger partial charge on any atom is -0.445 e. The van der Waals surface area contributed by atoms with Gasteiger partial charge in [0.25, 0.3) is 0 Å². The molecule has 0 amide bonds. The molecule has 0 aliphatic heterocycles. The summed E-state index contributed by atoms with van der Waals surface area (Å²) in [6.07, 6.45) is 1.52. The van der Waals surface area contributed by atoms with Crippen LogP contribution in [0, 0.1) is 0 Å². The molecule has 2 rings (SSSR count). The SMILES string of the molecule is F[B-](F)(F)/C=C1/CCC(OCc2ccccc2)C1.[K+]. The fourth-order valence-corrected chi connectivity index (χ4v) is 2.19. The fraction of sp³-hybridized carbons (Fsp3) is 0.385. The van der Waals surface area contributed by atoms with Crippen molar-refractivity contribution in [2.24, 2.45) is 0 Å². The van der Waals surface area contributed by atoms with Crippen LogP contribution in [-0.4, -0.2) is 13.1 Å². The van der Waals surface area contributed by atoms with Crippen molar-refractivity contribution in [1.29, 1.82) is 0 Å². The summed E-state index contributed by atoms with van der Waals surface area (Å²) in [5.74, 6) is 0.478. The van der Waals surface area contributed by atoms with Gasteiger partial charge in [0.2, 0.25) is 0 Å². The largest absolute Gasteiger partial charge is 1.00 e. The zero-order valence-electron chi connectivity index (χ0n) is 11.0. The molecular formula is C13H15BF3KO. The van der Waals surface area contributed by atoms with Gasteiger partial charge in [0.15, 0.2) is 0 Å². The molecule has 19 heavy (non-hydrogen) atoms. The van der Waals surface area contributed by atoms with Gasteiger partial charge in [-0.1, -0.05) is 30.3 Å². The maximum Gasteiger partial charge on any atom is 1.00 e. The van der Waals surface area contributed by atoms with Gasteiger partial charge in [-0.3, -0.25) is 0 Å². The second-order valence-corrected chi connectivity index (χ2v) is 4.61. The van der Waals surface area contributed by atoms with Crippen LogP contribution in [0.3, 0.4) is 0 Å². The van der Waals surface area contributed by atoms with Crippen LogP contribution in [0.25, 0.3) is 0 Å². The summed E-state index contributed by atoms with van der Waals surface area (Å²) in [7, 11) is 0. The Morgan fingerprint density at radius 2 is 1.89 bits per heavy atom. The smallest absolute Gasteiger partial charge is 0.445 e. The molecule has 1 aliphatic rings. The normalized spacial score (nSPS) is 21.4. The first kappa shape index (κ1) is 17.5. The van der Waals surface area contributed by atoms with Crippen molar-refractivity contribution in [1.82, 2.24) is 0 Å². The third-order valence-corrected chi connectivity index (χ3v) is 3.03. The number of halogens is 3. The van der Waals surface area contributed by atoms with Crippen LogP contribution in [-0.2, 0) is 11.3 Å². The molecule has 0 heterocycles. The zero-order valence-corrected chi connectivity index (χ0v) is 14.1. The Kier molecular flexibility index (Phi) is 7.35. The van der Waals surface area contributed by atoms with Gasteiger partial charge in [-0.25, -0.2) is 0 Å². The molecule has 1 aromatic rings. The van der Waals surface area contributed by atoms with E-state index < -0.39 is 6.98 Å². The van der Waals surface area contributed by atoms with E-state index in [1.165, 1.54) is 0 Å². The van der Waals surface area contributed by atoms with Crippen molar-refractivity contribution in [3.05, 3.63) is 47.4 Å². The van der Waals surface area contributed by atoms with Gasteiger partial charge in [0.05, 0.1) is 12.7 Å². The van der Waals surface area contributed by atoms with E-state index in [4.69, 9.17) is 4.74 Å². The molecule has 1 saturated carbocycles. The average Bonchev–Trinajstić information content (AvgIpc) is 2.73. The number of hydrogen-bond acceptors (Lipinski definition) is 1. The van der Waals surface area contributed by atoms with Gasteiger partial charge in [0.1, 0.15) is 0 Å². The summed E-state index contributed by atoms with van der Waals surface area (Å²) in [6.45, 7) is -4.34. The van der Waals surface area contributed by atoms with Crippen LogP contribution >= 0.6 is 0 Å². The fourth-order valence-electron chi connectivity index (χ4n) is 2.19. The van der Waals surface area contributed by atoms with Crippen molar-refractivity contribution < 1.29 is 69.1 Å². The molecule has 0 saturated heterocycles. The molecular weight excluding hydrogens is 279 g/mol.